The summed E-state index contributed by atoms with van der Waals surface area (Å²) in [6.45, 7) is 0.111. The minimum absolute atomic E-state index is 0.0369. The van der Waals surface area contributed by atoms with Crippen LogP contribution in [0.4, 0.5) is 11.4 Å². The van der Waals surface area contributed by atoms with Crippen LogP contribution in [0, 0.1) is 11.3 Å². The number of thioether (sulfide) groups is 1. The standard InChI is InChI=1S/C19H19ClN4O2S/c1-24(12-19(26)23-16-5-3-4-6-17(16)27-2)11-18(25)22-14-8-7-13(10-21)15(20)9-14/h3-9H,11-12H2,1-2H3,(H,22,25)(H,23,26). The van der Waals surface area contributed by atoms with Crippen LogP contribution in [0.2, 0.25) is 5.02 Å². The maximum absolute atomic E-state index is 12.2. The van der Waals surface area contributed by atoms with E-state index in [1.807, 2.05) is 36.6 Å². The number of hydrogen-bond acceptors (Lipinski definition) is 5. The Bertz CT molecular complexity index is 882. The van der Waals surface area contributed by atoms with E-state index in [0.717, 1.165) is 10.6 Å². The lowest BCUT2D eigenvalue weighted by Crippen LogP contribution is -2.36. The van der Waals surface area contributed by atoms with Crippen LogP contribution >= 0.6 is 23.4 Å². The monoisotopic (exact) mass is 402 g/mol. The molecule has 0 aliphatic heterocycles. The first-order valence-electron chi connectivity index (χ1n) is 8.04. The molecule has 8 heteroatoms. The van der Waals surface area contributed by atoms with E-state index in [2.05, 4.69) is 10.6 Å². The van der Waals surface area contributed by atoms with Gasteiger partial charge in [0.1, 0.15) is 6.07 Å². The van der Waals surface area contributed by atoms with E-state index in [1.165, 1.54) is 12.1 Å². The van der Waals surface area contributed by atoms with E-state index >= 15 is 0 Å². The molecular weight excluding hydrogens is 384 g/mol. The second-order valence-electron chi connectivity index (χ2n) is 5.78. The number of para-hydroxylation sites is 1. The summed E-state index contributed by atoms with van der Waals surface area (Å²) in [5.74, 6) is -0.483. The maximum atomic E-state index is 12.2. The van der Waals surface area contributed by atoms with Crippen molar-refractivity contribution in [2.24, 2.45) is 0 Å². The number of nitrogens with zero attached hydrogens (tertiary/aromatic N) is 2. The smallest absolute Gasteiger partial charge is 0.238 e. The molecule has 2 aromatic carbocycles. The number of halogens is 1. The highest BCUT2D eigenvalue weighted by Gasteiger charge is 2.13. The number of nitriles is 1. The van der Waals surface area contributed by atoms with E-state index in [9.17, 15) is 9.59 Å². The quantitative estimate of drug-likeness (QED) is 0.693. The first-order valence-corrected chi connectivity index (χ1v) is 9.64. The van der Waals surface area contributed by atoms with E-state index in [0.29, 0.717) is 11.3 Å². The molecule has 6 nitrogen and oxygen atoms in total. The molecule has 0 radical (unpaired) electrons. The van der Waals surface area contributed by atoms with E-state index < -0.39 is 0 Å². The predicted octanol–water partition coefficient (Wildman–Crippen LogP) is 3.44. The molecule has 2 amide bonds. The molecule has 0 fully saturated rings. The van der Waals surface area contributed by atoms with E-state index in [-0.39, 0.29) is 29.9 Å². The van der Waals surface area contributed by atoms with E-state index in [4.69, 9.17) is 16.9 Å². The van der Waals surface area contributed by atoms with Gasteiger partial charge in [0, 0.05) is 10.6 Å². The molecule has 0 heterocycles. The molecule has 2 rings (SSSR count). The second kappa shape index (κ2) is 9.97. The number of amides is 2. The van der Waals surface area contributed by atoms with Gasteiger partial charge >= 0.3 is 0 Å². The summed E-state index contributed by atoms with van der Waals surface area (Å²) in [6.07, 6.45) is 1.94. The van der Waals surface area contributed by atoms with Crippen LogP contribution in [0.3, 0.4) is 0 Å². The Morgan fingerprint density at radius 3 is 2.44 bits per heavy atom. The lowest BCUT2D eigenvalue weighted by molar-refractivity contribution is -0.119. The molecule has 27 heavy (non-hydrogen) atoms. The van der Waals surface area contributed by atoms with Crippen LogP contribution in [0.5, 0.6) is 0 Å². The number of nitrogens with one attached hydrogen (secondary N) is 2. The number of hydrogen-bond donors (Lipinski definition) is 2. The molecule has 0 atom stereocenters. The highest BCUT2D eigenvalue weighted by Crippen LogP contribution is 2.24. The van der Waals surface area contributed by atoms with Gasteiger partial charge in [-0.3, -0.25) is 14.5 Å². The fraction of sp³-hybridized carbons (Fsp3) is 0.211. The van der Waals surface area contributed by atoms with Gasteiger partial charge in [0.15, 0.2) is 0 Å². The average Bonchev–Trinajstić information content (AvgIpc) is 2.61. The topological polar surface area (TPSA) is 85.2 Å². The zero-order valence-corrected chi connectivity index (χ0v) is 16.5. The summed E-state index contributed by atoms with van der Waals surface area (Å²) >= 11 is 7.50. The van der Waals surface area contributed by atoms with Crippen molar-refractivity contribution in [2.45, 2.75) is 4.90 Å². The van der Waals surface area contributed by atoms with Crippen molar-refractivity contribution < 1.29 is 9.59 Å². The van der Waals surface area contributed by atoms with Gasteiger partial charge in [-0.05, 0) is 43.6 Å². The van der Waals surface area contributed by atoms with Gasteiger partial charge in [-0.2, -0.15) is 5.26 Å². The Kier molecular flexibility index (Phi) is 7.67. The van der Waals surface area contributed by atoms with Crippen molar-refractivity contribution in [3.05, 3.63) is 53.1 Å². The SMILES string of the molecule is CSc1ccccc1NC(=O)CN(C)CC(=O)Nc1ccc(C#N)c(Cl)c1. The van der Waals surface area contributed by atoms with Gasteiger partial charge in [-0.15, -0.1) is 11.8 Å². The Morgan fingerprint density at radius 2 is 1.81 bits per heavy atom. The molecule has 0 bridgehead atoms. The summed E-state index contributed by atoms with van der Waals surface area (Å²) in [5.41, 5.74) is 1.59. The van der Waals surface area contributed by atoms with Crippen molar-refractivity contribution in [2.75, 3.05) is 37.0 Å². The Labute approximate surface area is 167 Å². The molecule has 0 aromatic heterocycles. The van der Waals surface area contributed by atoms with Gasteiger partial charge in [0.05, 0.1) is 29.4 Å². The molecule has 140 valence electrons. The first-order chi connectivity index (χ1) is 12.9. The Balaban J connectivity index is 1.86. The number of carbonyl (C=O) groups excluding carboxylic acids is 2. The van der Waals surface area contributed by atoms with Gasteiger partial charge in [0.25, 0.3) is 0 Å². The summed E-state index contributed by atoms with van der Waals surface area (Å²) < 4.78 is 0. The predicted molar refractivity (Wildman–Crippen MR) is 109 cm³/mol. The van der Waals surface area contributed by atoms with Crippen LogP contribution in [0.25, 0.3) is 0 Å². The fourth-order valence-corrected chi connectivity index (χ4v) is 3.14. The van der Waals surface area contributed by atoms with Crippen molar-refractivity contribution >= 4 is 46.6 Å². The zero-order chi connectivity index (χ0) is 19.8. The third-order valence-electron chi connectivity index (χ3n) is 3.58. The van der Waals surface area contributed by atoms with Crippen molar-refractivity contribution in [3.8, 4) is 6.07 Å². The van der Waals surface area contributed by atoms with E-state index in [1.54, 1.807) is 29.8 Å². The largest absolute Gasteiger partial charge is 0.325 e. The Hall–Kier alpha value is -2.53. The molecule has 0 saturated carbocycles. The summed E-state index contributed by atoms with van der Waals surface area (Å²) in [4.78, 5) is 26.9. The van der Waals surface area contributed by atoms with Crippen LogP contribution in [0.15, 0.2) is 47.4 Å². The normalized spacial score (nSPS) is 10.3. The van der Waals surface area contributed by atoms with Crippen LogP contribution < -0.4 is 10.6 Å². The second-order valence-corrected chi connectivity index (χ2v) is 7.03. The van der Waals surface area contributed by atoms with Gasteiger partial charge in [0.2, 0.25) is 11.8 Å². The number of anilines is 2. The summed E-state index contributed by atoms with van der Waals surface area (Å²) in [6, 6.07) is 14.2. The highest BCUT2D eigenvalue weighted by molar-refractivity contribution is 7.98. The van der Waals surface area contributed by atoms with Crippen molar-refractivity contribution in [1.29, 1.82) is 5.26 Å². The molecule has 0 spiro atoms. The number of benzene rings is 2. The minimum atomic E-state index is -0.282. The number of carbonyl (C=O) groups is 2. The molecule has 0 aliphatic rings. The fourth-order valence-electron chi connectivity index (χ4n) is 2.37. The lowest BCUT2D eigenvalue weighted by Gasteiger charge is -2.17. The molecule has 0 saturated heterocycles. The van der Waals surface area contributed by atoms with Gasteiger partial charge in [-0.1, -0.05) is 23.7 Å². The first kappa shape index (κ1) is 20.8. The number of rotatable bonds is 7. The molecule has 2 aromatic rings. The van der Waals surface area contributed by atoms with Crippen LogP contribution in [0.1, 0.15) is 5.56 Å². The summed E-state index contributed by atoms with van der Waals surface area (Å²) in [5, 5.41) is 14.7. The third kappa shape index (κ3) is 6.29. The van der Waals surface area contributed by atoms with Crippen LogP contribution in [-0.4, -0.2) is 43.1 Å². The number of likely N-dealkylation sites (N-methyl/N-ethyl adjacent to an activating group) is 1. The van der Waals surface area contributed by atoms with Gasteiger partial charge in [-0.25, -0.2) is 0 Å². The minimum Gasteiger partial charge on any atom is -0.325 e. The van der Waals surface area contributed by atoms with Gasteiger partial charge < -0.3 is 10.6 Å². The van der Waals surface area contributed by atoms with Crippen molar-refractivity contribution in [1.82, 2.24) is 4.90 Å². The van der Waals surface area contributed by atoms with Crippen molar-refractivity contribution in [3.63, 3.8) is 0 Å². The molecule has 0 unspecified atom stereocenters. The maximum Gasteiger partial charge on any atom is 0.238 e. The van der Waals surface area contributed by atoms with Crippen LogP contribution in [-0.2, 0) is 9.59 Å². The third-order valence-corrected chi connectivity index (χ3v) is 4.69. The lowest BCUT2D eigenvalue weighted by atomic mass is 10.2. The zero-order valence-electron chi connectivity index (χ0n) is 15.0. The Morgan fingerprint density at radius 1 is 1.15 bits per heavy atom. The average molecular weight is 403 g/mol. The molecule has 0 aliphatic carbocycles. The molecule has 2 N–H and O–H groups in total. The highest BCUT2D eigenvalue weighted by atomic mass is 35.5. The summed E-state index contributed by atoms with van der Waals surface area (Å²) in [7, 11) is 1.69. The molecular formula is C19H19ClN4O2S.